The van der Waals surface area contributed by atoms with Crippen LogP contribution in [0.3, 0.4) is 0 Å². The number of ether oxygens (including phenoxy) is 1. The summed E-state index contributed by atoms with van der Waals surface area (Å²) in [4.78, 5) is 14.2. The van der Waals surface area contributed by atoms with Crippen LogP contribution in [-0.2, 0) is 0 Å². The lowest BCUT2D eigenvalue weighted by Crippen LogP contribution is -2.20. The van der Waals surface area contributed by atoms with Crippen LogP contribution in [0.2, 0.25) is 0 Å². The van der Waals surface area contributed by atoms with Gasteiger partial charge in [0.05, 0.1) is 4.91 Å². The molecule has 1 N–H and O–H groups in total. The van der Waals surface area contributed by atoms with Gasteiger partial charge in [-0.05, 0) is 31.3 Å². The molecule has 0 aliphatic heterocycles. The Kier molecular flexibility index (Phi) is 4.44. The topological polar surface area (TPSA) is 62.4 Å². The molecule has 0 atom stereocenters. The lowest BCUT2D eigenvalue weighted by molar-refractivity contribution is -0.729. The molecule has 0 bridgehead atoms. The lowest BCUT2D eigenvalue weighted by atomic mass is 9.94. The molecule has 114 valence electrons. The van der Waals surface area contributed by atoms with Gasteiger partial charge in [-0.2, -0.15) is 13.2 Å². The van der Waals surface area contributed by atoms with Crippen molar-refractivity contribution in [3.05, 3.63) is 28.8 Å². The van der Waals surface area contributed by atoms with Gasteiger partial charge in [0.15, 0.2) is 6.61 Å². The highest BCUT2D eigenvalue weighted by atomic mass is 19.4. The quantitative estimate of drug-likeness (QED) is 0.860. The highest BCUT2D eigenvalue weighted by Gasteiger charge is 2.30. The molecule has 1 aliphatic carbocycles. The number of allylic oxidation sites excluding steroid dienone is 2. The fraction of sp³-hybridized carbons (Fsp3) is 0.462. The molecular formula is C13H14F3N2O3+. The molecule has 1 aliphatic rings. The first kappa shape index (κ1) is 15.3. The van der Waals surface area contributed by atoms with Crippen molar-refractivity contribution in [1.82, 2.24) is 4.98 Å². The minimum absolute atomic E-state index is 0.157. The van der Waals surface area contributed by atoms with E-state index in [1.54, 1.807) is 0 Å². The summed E-state index contributed by atoms with van der Waals surface area (Å²) >= 11 is 0. The molecule has 0 aromatic carbocycles. The average Bonchev–Trinajstić information content (AvgIpc) is 2.45. The van der Waals surface area contributed by atoms with E-state index in [0.29, 0.717) is 12.0 Å². The molecule has 0 radical (unpaired) electrons. The number of aromatic nitrogens is 1. The maximum atomic E-state index is 12.3. The summed E-state index contributed by atoms with van der Waals surface area (Å²) in [6.45, 7) is -1.46. The Morgan fingerprint density at radius 1 is 1.38 bits per heavy atom. The second-order valence-electron chi connectivity index (χ2n) is 4.70. The van der Waals surface area contributed by atoms with Gasteiger partial charge in [0.2, 0.25) is 5.88 Å². The van der Waals surface area contributed by atoms with Crippen LogP contribution in [-0.4, -0.2) is 27.9 Å². The highest BCUT2D eigenvalue weighted by molar-refractivity contribution is 5.71. The fourth-order valence-electron chi connectivity index (χ4n) is 2.12. The van der Waals surface area contributed by atoms with Gasteiger partial charge in [-0.1, -0.05) is 6.08 Å². The first-order valence-corrected chi connectivity index (χ1v) is 6.42. The Morgan fingerprint density at radius 3 is 2.71 bits per heavy atom. The van der Waals surface area contributed by atoms with E-state index in [9.17, 15) is 18.1 Å². The van der Waals surface area contributed by atoms with Crippen molar-refractivity contribution >= 4 is 11.3 Å². The maximum Gasteiger partial charge on any atom is 0.422 e. The molecule has 0 amide bonds. The Morgan fingerprint density at radius 2 is 2.14 bits per heavy atom. The van der Waals surface area contributed by atoms with E-state index in [1.807, 2.05) is 6.08 Å². The summed E-state index contributed by atoms with van der Waals surface area (Å²) in [5, 5.41) is 8.89. The van der Waals surface area contributed by atoms with Gasteiger partial charge < -0.3 is 4.74 Å². The van der Waals surface area contributed by atoms with Gasteiger partial charge in [-0.25, -0.2) is 10.2 Å². The number of alkyl halides is 3. The van der Waals surface area contributed by atoms with Crippen LogP contribution in [0.1, 0.15) is 31.2 Å². The predicted molar refractivity (Wildman–Crippen MR) is 67.3 cm³/mol. The molecule has 0 fully saturated rings. The Labute approximate surface area is 118 Å². The minimum Gasteiger partial charge on any atom is -0.468 e. The van der Waals surface area contributed by atoms with Crippen LogP contribution in [0, 0.1) is 4.91 Å². The monoisotopic (exact) mass is 303 g/mol. The third-order valence-electron chi connectivity index (χ3n) is 3.07. The third kappa shape index (κ3) is 4.17. The first-order chi connectivity index (χ1) is 9.87. The van der Waals surface area contributed by atoms with Crippen LogP contribution in [0.5, 0.6) is 5.88 Å². The summed E-state index contributed by atoms with van der Waals surface area (Å²) in [6.07, 6.45) is 1.75. The van der Waals surface area contributed by atoms with E-state index in [-0.39, 0.29) is 16.5 Å². The number of pyridine rings is 1. The Balaban J connectivity index is 2.34. The molecular weight excluding hydrogens is 289 g/mol. The number of halogens is 3. The zero-order valence-corrected chi connectivity index (χ0v) is 11.1. The normalized spacial score (nSPS) is 15.5. The maximum absolute atomic E-state index is 12.3. The largest absolute Gasteiger partial charge is 0.468 e. The van der Waals surface area contributed by atoms with Crippen LogP contribution in [0.25, 0.3) is 5.57 Å². The van der Waals surface area contributed by atoms with Gasteiger partial charge in [-0.3, -0.25) is 0 Å². The van der Waals surface area contributed by atoms with Crippen molar-refractivity contribution in [2.45, 2.75) is 31.9 Å². The smallest absolute Gasteiger partial charge is 0.422 e. The van der Waals surface area contributed by atoms with Crippen molar-refractivity contribution in [1.29, 1.82) is 0 Å². The molecule has 0 unspecified atom stereocenters. The van der Waals surface area contributed by atoms with Crippen molar-refractivity contribution < 1.29 is 28.0 Å². The van der Waals surface area contributed by atoms with Crippen LogP contribution < -0.4 is 4.74 Å². The van der Waals surface area contributed by atoms with Crippen molar-refractivity contribution in [3.63, 3.8) is 0 Å². The van der Waals surface area contributed by atoms with Gasteiger partial charge in [0.1, 0.15) is 6.20 Å². The first-order valence-electron chi connectivity index (χ1n) is 6.42. The highest BCUT2D eigenvalue weighted by Crippen LogP contribution is 2.34. The summed E-state index contributed by atoms with van der Waals surface area (Å²) in [7, 11) is 0. The number of hydrogen-bond donors (Lipinski definition) is 1. The molecule has 21 heavy (non-hydrogen) atoms. The van der Waals surface area contributed by atoms with E-state index in [1.165, 1.54) is 6.07 Å². The molecule has 1 heterocycles. The van der Waals surface area contributed by atoms with E-state index >= 15 is 0 Å². The van der Waals surface area contributed by atoms with E-state index in [0.717, 1.165) is 31.0 Å². The molecule has 0 saturated heterocycles. The van der Waals surface area contributed by atoms with E-state index < -0.39 is 12.8 Å². The zero-order valence-electron chi connectivity index (χ0n) is 11.1. The number of rotatable bonds is 4. The standard InChI is InChI=1S/C13H14F3N2O3/c14-13(15,16)8-21-12-11(9-4-2-1-3-5-9)6-10(7-17-12)18(19)20/h4,6-7H,1-3,5,8H2,(H,19,20)/q+1. The zero-order chi connectivity index (χ0) is 15.5. The molecule has 0 saturated carbocycles. The van der Waals surface area contributed by atoms with Gasteiger partial charge in [0, 0.05) is 11.6 Å². The third-order valence-corrected chi connectivity index (χ3v) is 3.07. The summed E-state index contributed by atoms with van der Waals surface area (Å²) in [5.41, 5.74) is 0.928. The molecule has 0 spiro atoms. The minimum atomic E-state index is -4.47. The predicted octanol–water partition coefficient (Wildman–Crippen LogP) is 3.78. The molecule has 8 heteroatoms. The molecule has 1 aromatic heterocycles. The van der Waals surface area contributed by atoms with E-state index in [4.69, 9.17) is 9.94 Å². The Bertz CT molecular complexity index is 570. The molecule has 5 nitrogen and oxygen atoms in total. The van der Waals surface area contributed by atoms with Gasteiger partial charge in [-0.15, -0.1) is 0 Å². The van der Waals surface area contributed by atoms with Crippen LogP contribution >= 0.6 is 0 Å². The average molecular weight is 303 g/mol. The molecule has 2 rings (SSSR count). The second kappa shape index (κ2) is 6.11. The fourth-order valence-corrected chi connectivity index (χ4v) is 2.12. The summed E-state index contributed by atoms with van der Waals surface area (Å²) in [5.74, 6) is -0.189. The van der Waals surface area contributed by atoms with Crippen LogP contribution in [0.15, 0.2) is 18.3 Å². The lowest BCUT2D eigenvalue weighted by Gasteiger charge is -2.16. The van der Waals surface area contributed by atoms with Crippen molar-refractivity contribution in [3.8, 4) is 5.88 Å². The van der Waals surface area contributed by atoms with Gasteiger partial charge >= 0.3 is 11.9 Å². The van der Waals surface area contributed by atoms with Gasteiger partial charge in [0.25, 0.3) is 4.92 Å². The number of hydrogen-bond acceptors (Lipinski definition) is 3. The summed E-state index contributed by atoms with van der Waals surface area (Å²) in [6, 6.07) is 1.28. The SMILES string of the molecule is O=[N+](O)c1cnc(OCC(F)(F)F)c(C2=CCCCC2)c1. The number of nitrogens with zero attached hydrogens (tertiary/aromatic N) is 2. The Hall–Kier alpha value is -2.12. The van der Waals surface area contributed by atoms with Crippen molar-refractivity contribution in [2.24, 2.45) is 0 Å². The molecule has 1 aromatic rings. The second-order valence-corrected chi connectivity index (χ2v) is 4.70. The van der Waals surface area contributed by atoms with Crippen LogP contribution in [0.4, 0.5) is 18.9 Å². The summed E-state index contributed by atoms with van der Waals surface area (Å²) < 4.78 is 41.5. The van der Waals surface area contributed by atoms with E-state index in [2.05, 4.69) is 4.98 Å². The van der Waals surface area contributed by atoms with Crippen molar-refractivity contribution in [2.75, 3.05) is 6.61 Å².